The number of anilines is 1. The van der Waals surface area contributed by atoms with Crippen LogP contribution in [0.2, 0.25) is 0 Å². The number of carbonyl (C=O) groups excluding carboxylic acids is 1. The maximum absolute atomic E-state index is 13.1. The van der Waals surface area contributed by atoms with Crippen LogP contribution in [0.1, 0.15) is 35.3 Å². The molecule has 2 aromatic carbocycles. The molecule has 1 aromatic heterocycles. The van der Waals surface area contributed by atoms with Gasteiger partial charge in [0.2, 0.25) is 0 Å². The van der Waals surface area contributed by atoms with Crippen molar-refractivity contribution in [2.24, 2.45) is 0 Å². The first-order chi connectivity index (χ1) is 15.4. The molecular formula is C23H19N2O7-. The molecule has 2 aliphatic rings. The summed E-state index contributed by atoms with van der Waals surface area (Å²) in [5, 5.41) is 28.0. The molecule has 1 aliphatic carbocycles. The fourth-order valence-corrected chi connectivity index (χ4v) is 4.50. The average Bonchev–Trinajstić information content (AvgIpc) is 3.30. The van der Waals surface area contributed by atoms with E-state index in [1.54, 1.807) is 12.1 Å². The minimum atomic E-state index is -0.745. The number of methoxy groups -OCH3 is 2. The molecule has 0 saturated heterocycles. The molecule has 0 radical (unpaired) electrons. The van der Waals surface area contributed by atoms with Crippen LogP contribution in [0.15, 0.2) is 22.6 Å². The van der Waals surface area contributed by atoms with Gasteiger partial charge in [-0.1, -0.05) is 0 Å². The first-order valence-corrected chi connectivity index (χ1v) is 10.1. The van der Waals surface area contributed by atoms with Gasteiger partial charge >= 0.3 is 0 Å². The summed E-state index contributed by atoms with van der Waals surface area (Å²) in [6.07, 6.45) is 4.73. The van der Waals surface area contributed by atoms with Gasteiger partial charge in [0.05, 0.1) is 30.9 Å². The molecule has 0 bridgehead atoms. The third-order valence-corrected chi connectivity index (χ3v) is 6.01. The van der Waals surface area contributed by atoms with Gasteiger partial charge in [0.1, 0.15) is 11.3 Å². The predicted octanol–water partition coefficient (Wildman–Crippen LogP) is 3.80. The lowest BCUT2D eigenvalue weighted by Crippen LogP contribution is -2.06. The van der Waals surface area contributed by atoms with E-state index in [1.165, 1.54) is 26.4 Å². The van der Waals surface area contributed by atoms with E-state index in [0.717, 1.165) is 24.2 Å². The van der Waals surface area contributed by atoms with Crippen LogP contribution >= 0.6 is 0 Å². The molecule has 0 saturated carbocycles. The van der Waals surface area contributed by atoms with Gasteiger partial charge < -0.3 is 24.3 Å². The summed E-state index contributed by atoms with van der Waals surface area (Å²) in [5.74, 6) is 0.436. The van der Waals surface area contributed by atoms with Crippen molar-refractivity contribution in [2.75, 3.05) is 19.5 Å². The molecule has 9 nitrogen and oxygen atoms in total. The van der Waals surface area contributed by atoms with Crippen molar-refractivity contribution in [3.8, 4) is 17.2 Å². The molecule has 1 aliphatic heterocycles. The molecule has 2 heterocycles. The summed E-state index contributed by atoms with van der Waals surface area (Å²) < 4.78 is 16.5. The van der Waals surface area contributed by atoms with E-state index < -0.39 is 22.3 Å². The van der Waals surface area contributed by atoms with E-state index in [4.69, 9.17) is 13.9 Å². The van der Waals surface area contributed by atoms with Crippen molar-refractivity contribution >= 4 is 39.9 Å². The number of amides is 1. The Morgan fingerprint density at radius 2 is 1.84 bits per heavy atom. The Labute approximate surface area is 182 Å². The highest BCUT2D eigenvalue weighted by atomic mass is 16.6. The van der Waals surface area contributed by atoms with Crippen molar-refractivity contribution in [2.45, 2.75) is 25.7 Å². The fourth-order valence-electron chi connectivity index (χ4n) is 4.50. The maximum atomic E-state index is 13.1. The maximum Gasteiger partial charge on any atom is 0.266 e. The molecule has 9 heteroatoms. The number of fused-ring (bicyclic) bond motifs is 4. The minimum absolute atomic E-state index is 0.0916. The third kappa shape index (κ3) is 2.89. The number of nitro groups is 1. The lowest BCUT2D eigenvalue weighted by Gasteiger charge is -2.15. The Kier molecular flexibility index (Phi) is 4.54. The summed E-state index contributed by atoms with van der Waals surface area (Å²) in [6, 6.07) is 4.46. The molecule has 0 unspecified atom stereocenters. The van der Waals surface area contributed by atoms with Crippen LogP contribution in [-0.2, 0) is 17.6 Å². The Morgan fingerprint density at radius 3 is 2.56 bits per heavy atom. The lowest BCUT2D eigenvalue weighted by molar-refractivity contribution is -0.398. The minimum Gasteiger partial charge on any atom is -0.867 e. The van der Waals surface area contributed by atoms with E-state index in [1.807, 2.05) is 0 Å². The number of hydrogen-bond acceptors (Lipinski definition) is 7. The molecule has 164 valence electrons. The van der Waals surface area contributed by atoms with Gasteiger partial charge in [-0.05, 0) is 42.7 Å². The number of nitro benzene ring substituents is 1. The van der Waals surface area contributed by atoms with Gasteiger partial charge in [0.15, 0.2) is 11.5 Å². The lowest BCUT2D eigenvalue weighted by atomic mass is 9.92. The SMILES string of the molecule is COc1cc2c(cc1OC)C(=Cc1c([O-])c([N+](=O)[O-])cc3oc4c(c13)CCCC4)C(=O)N2. The van der Waals surface area contributed by atoms with Crippen molar-refractivity contribution in [1.82, 2.24) is 0 Å². The number of benzene rings is 2. The van der Waals surface area contributed by atoms with E-state index in [-0.39, 0.29) is 11.1 Å². The van der Waals surface area contributed by atoms with Crippen LogP contribution in [-0.4, -0.2) is 25.1 Å². The Hall–Kier alpha value is -4.01. The topological polar surface area (TPSA) is 127 Å². The van der Waals surface area contributed by atoms with Crippen molar-refractivity contribution in [1.29, 1.82) is 0 Å². The van der Waals surface area contributed by atoms with Crippen molar-refractivity contribution in [3.63, 3.8) is 0 Å². The predicted molar refractivity (Wildman–Crippen MR) is 115 cm³/mol. The van der Waals surface area contributed by atoms with Crippen molar-refractivity contribution < 1.29 is 28.7 Å². The second kappa shape index (κ2) is 7.30. The van der Waals surface area contributed by atoms with Crippen LogP contribution in [0.4, 0.5) is 11.4 Å². The van der Waals surface area contributed by atoms with E-state index in [9.17, 15) is 20.0 Å². The molecule has 32 heavy (non-hydrogen) atoms. The highest BCUT2D eigenvalue weighted by molar-refractivity contribution is 6.35. The summed E-state index contributed by atoms with van der Waals surface area (Å²) in [6.45, 7) is 0. The monoisotopic (exact) mass is 435 g/mol. The molecule has 1 N–H and O–H groups in total. The van der Waals surface area contributed by atoms with Gasteiger partial charge in [-0.3, -0.25) is 14.9 Å². The Morgan fingerprint density at radius 1 is 1.12 bits per heavy atom. The third-order valence-electron chi connectivity index (χ3n) is 6.01. The molecule has 0 spiro atoms. The summed E-state index contributed by atoms with van der Waals surface area (Å²) >= 11 is 0. The first kappa shape index (κ1) is 19.9. The number of ether oxygens (including phenoxy) is 2. The quantitative estimate of drug-likeness (QED) is 0.375. The molecule has 5 rings (SSSR count). The van der Waals surface area contributed by atoms with Gasteiger partial charge in [-0.2, -0.15) is 0 Å². The number of aryl methyl sites for hydroxylation is 2. The number of furan rings is 1. The summed E-state index contributed by atoms with van der Waals surface area (Å²) in [5.41, 5.74) is 1.92. The summed E-state index contributed by atoms with van der Waals surface area (Å²) in [7, 11) is 2.97. The molecule has 0 fully saturated rings. The van der Waals surface area contributed by atoms with Crippen LogP contribution in [0.25, 0.3) is 22.6 Å². The second-order valence-electron chi connectivity index (χ2n) is 7.74. The first-order valence-electron chi connectivity index (χ1n) is 10.1. The highest BCUT2D eigenvalue weighted by Gasteiger charge is 2.29. The highest BCUT2D eigenvalue weighted by Crippen LogP contribution is 2.45. The zero-order valence-electron chi connectivity index (χ0n) is 17.4. The number of nitrogens with one attached hydrogen (secondary N) is 1. The normalized spacial score (nSPS) is 16.1. The Balaban J connectivity index is 1.79. The largest absolute Gasteiger partial charge is 0.867 e. The van der Waals surface area contributed by atoms with Crippen LogP contribution in [0.3, 0.4) is 0 Å². The van der Waals surface area contributed by atoms with Gasteiger partial charge in [-0.25, -0.2) is 0 Å². The van der Waals surface area contributed by atoms with Gasteiger partial charge in [0, 0.05) is 34.6 Å². The van der Waals surface area contributed by atoms with Crippen molar-refractivity contribution in [3.05, 3.63) is 50.8 Å². The zero-order chi connectivity index (χ0) is 22.6. The van der Waals surface area contributed by atoms with Crippen LogP contribution < -0.4 is 19.9 Å². The molecular weight excluding hydrogens is 416 g/mol. The van der Waals surface area contributed by atoms with Crippen LogP contribution in [0, 0.1) is 10.1 Å². The Bertz CT molecular complexity index is 1340. The number of rotatable bonds is 4. The smallest absolute Gasteiger partial charge is 0.266 e. The fraction of sp³-hybridized carbons (Fsp3) is 0.261. The van der Waals surface area contributed by atoms with Crippen LogP contribution in [0.5, 0.6) is 17.2 Å². The number of hydrogen-bond donors (Lipinski definition) is 1. The zero-order valence-corrected chi connectivity index (χ0v) is 17.4. The standard InChI is InChI=1S/C23H20N2O7/c1-30-18-8-12-13(23(27)24-15(12)9-19(18)31-2)7-14-21-11-5-3-4-6-17(11)32-20(21)10-16(22(14)26)25(28)29/h7-10,26H,3-6H2,1-2H3,(H,24,27)/p-1. The summed E-state index contributed by atoms with van der Waals surface area (Å²) in [4.78, 5) is 23.6. The van der Waals surface area contributed by atoms with E-state index in [2.05, 4.69) is 5.32 Å². The van der Waals surface area contributed by atoms with Gasteiger partial charge in [-0.15, -0.1) is 0 Å². The number of nitrogens with zero attached hydrogens (tertiary/aromatic N) is 1. The molecule has 0 atom stereocenters. The average molecular weight is 435 g/mol. The van der Waals surface area contributed by atoms with E-state index >= 15 is 0 Å². The van der Waals surface area contributed by atoms with E-state index in [0.29, 0.717) is 46.6 Å². The number of carbonyl (C=O) groups is 1. The van der Waals surface area contributed by atoms with Gasteiger partial charge in [0.25, 0.3) is 11.6 Å². The second-order valence-corrected chi connectivity index (χ2v) is 7.74. The molecule has 1 amide bonds. The molecule has 3 aromatic rings.